The Kier molecular flexibility index (Phi) is 5.62. The van der Waals surface area contributed by atoms with Gasteiger partial charge in [0.25, 0.3) is 0 Å². The van der Waals surface area contributed by atoms with Crippen LogP contribution < -0.4 is 5.73 Å². The van der Waals surface area contributed by atoms with Crippen LogP contribution in [0.15, 0.2) is 24.5 Å². The van der Waals surface area contributed by atoms with Crippen molar-refractivity contribution in [2.45, 2.75) is 12.5 Å². The number of hydrogen-bond donors (Lipinski definition) is 2. The lowest BCUT2D eigenvalue weighted by Gasteiger charge is -2.06. The molecule has 1 rings (SSSR count). The summed E-state index contributed by atoms with van der Waals surface area (Å²) in [5, 5.41) is 8.66. The van der Waals surface area contributed by atoms with Gasteiger partial charge in [-0.05, 0) is 24.1 Å². The fourth-order valence-corrected chi connectivity index (χ4v) is 0.886. The van der Waals surface area contributed by atoms with Gasteiger partial charge in [-0.3, -0.25) is 4.98 Å². The van der Waals surface area contributed by atoms with Crippen molar-refractivity contribution in [3.8, 4) is 0 Å². The lowest BCUT2D eigenvalue weighted by Crippen LogP contribution is -2.26. The Bertz CT molecular complexity index is 205. The summed E-state index contributed by atoms with van der Waals surface area (Å²) in [6, 6.07) is 3.64. The monoisotopic (exact) mass is 188 g/mol. The van der Waals surface area contributed by atoms with Gasteiger partial charge in [0.1, 0.15) is 0 Å². The van der Waals surface area contributed by atoms with Crippen LogP contribution >= 0.6 is 12.4 Å². The smallest absolute Gasteiger partial charge is 0.0585 e. The normalized spacial score (nSPS) is 11.8. The zero-order valence-corrected chi connectivity index (χ0v) is 7.50. The first-order chi connectivity index (χ1) is 5.33. The highest BCUT2D eigenvalue weighted by Gasteiger charge is 2.00. The zero-order valence-electron chi connectivity index (χ0n) is 6.68. The predicted octanol–water partition coefficient (Wildman–Crippen LogP) is 0.365. The summed E-state index contributed by atoms with van der Waals surface area (Å²) in [5.74, 6) is 0. The third-order valence-electron chi connectivity index (χ3n) is 1.48. The van der Waals surface area contributed by atoms with E-state index in [1.807, 2.05) is 12.1 Å². The SMILES string of the molecule is Cl.N[C@@H](CO)Cc1ccncc1. The molecule has 4 heteroatoms. The molecule has 0 amide bonds. The molecular weight excluding hydrogens is 176 g/mol. The Morgan fingerprint density at radius 2 is 2.00 bits per heavy atom. The second-order valence-corrected chi connectivity index (χ2v) is 2.50. The number of pyridine rings is 1. The average molecular weight is 189 g/mol. The van der Waals surface area contributed by atoms with E-state index in [-0.39, 0.29) is 25.1 Å². The second-order valence-electron chi connectivity index (χ2n) is 2.50. The first-order valence-corrected chi connectivity index (χ1v) is 3.58. The number of nitrogens with two attached hydrogens (primary N) is 1. The van der Waals surface area contributed by atoms with Gasteiger partial charge in [0, 0.05) is 18.4 Å². The molecule has 3 nitrogen and oxygen atoms in total. The largest absolute Gasteiger partial charge is 0.395 e. The zero-order chi connectivity index (χ0) is 8.10. The highest BCUT2D eigenvalue weighted by molar-refractivity contribution is 5.85. The van der Waals surface area contributed by atoms with Crippen molar-refractivity contribution in [2.75, 3.05) is 6.61 Å². The van der Waals surface area contributed by atoms with Crippen LogP contribution in [0.25, 0.3) is 0 Å². The minimum absolute atomic E-state index is 0. The molecule has 1 atom stereocenters. The number of halogens is 1. The summed E-state index contributed by atoms with van der Waals surface area (Å²) in [6.45, 7) is 0.0301. The molecule has 68 valence electrons. The maximum atomic E-state index is 8.66. The summed E-state index contributed by atoms with van der Waals surface area (Å²) >= 11 is 0. The molecule has 0 saturated heterocycles. The van der Waals surface area contributed by atoms with Crippen molar-refractivity contribution in [1.29, 1.82) is 0 Å². The van der Waals surface area contributed by atoms with E-state index in [0.717, 1.165) is 5.56 Å². The molecule has 12 heavy (non-hydrogen) atoms. The van der Waals surface area contributed by atoms with E-state index in [1.54, 1.807) is 12.4 Å². The van der Waals surface area contributed by atoms with Crippen LogP contribution in [0.3, 0.4) is 0 Å². The lowest BCUT2D eigenvalue weighted by atomic mass is 10.1. The van der Waals surface area contributed by atoms with Gasteiger partial charge in [-0.1, -0.05) is 0 Å². The number of rotatable bonds is 3. The quantitative estimate of drug-likeness (QED) is 0.721. The Morgan fingerprint density at radius 3 is 2.50 bits per heavy atom. The molecule has 1 heterocycles. The maximum absolute atomic E-state index is 8.66. The number of aromatic nitrogens is 1. The molecule has 0 fully saturated rings. The van der Waals surface area contributed by atoms with E-state index < -0.39 is 0 Å². The van der Waals surface area contributed by atoms with E-state index in [4.69, 9.17) is 10.8 Å². The first-order valence-electron chi connectivity index (χ1n) is 3.58. The van der Waals surface area contributed by atoms with Crippen LogP contribution in [0.1, 0.15) is 5.56 Å². The van der Waals surface area contributed by atoms with Gasteiger partial charge in [0.05, 0.1) is 6.61 Å². The fraction of sp³-hybridized carbons (Fsp3) is 0.375. The van der Waals surface area contributed by atoms with E-state index >= 15 is 0 Å². The Morgan fingerprint density at radius 1 is 1.42 bits per heavy atom. The van der Waals surface area contributed by atoms with Gasteiger partial charge in [-0.25, -0.2) is 0 Å². The average Bonchev–Trinajstić information content (AvgIpc) is 2.06. The highest BCUT2D eigenvalue weighted by Crippen LogP contribution is 1.98. The molecule has 0 unspecified atom stereocenters. The molecule has 1 aromatic rings. The minimum Gasteiger partial charge on any atom is -0.395 e. The number of hydrogen-bond acceptors (Lipinski definition) is 3. The van der Waals surface area contributed by atoms with Gasteiger partial charge in [-0.15, -0.1) is 12.4 Å². The topological polar surface area (TPSA) is 59.1 Å². The predicted molar refractivity (Wildman–Crippen MR) is 50.3 cm³/mol. The Labute approximate surface area is 78.0 Å². The van der Waals surface area contributed by atoms with Gasteiger partial charge in [-0.2, -0.15) is 0 Å². The van der Waals surface area contributed by atoms with E-state index in [1.165, 1.54) is 0 Å². The summed E-state index contributed by atoms with van der Waals surface area (Å²) < 4.78 is 0. The molecule has 0 bridgehead atoms. The van der Waals surface area contributed by atoms with E-state index in [2.05, 4.69) is 4.98 Å². The van der Waals surface area contributed by atoms with Crippen LogP contribution in [0.4, 0.5) is 0 Å². The highest BCUT2D eigenvalue weighted by atomic mass is 35.5. The van der Waals surface area contributed by atoms with Crippen molar-refractivity contribution in [1.82, 2.24) is 4.98 Å². The van der Waals surface area contributed by atoms with Gasteiger partial charge in [0.15, 0.2) is 0 Å². The molecular formula is C8H13ClN2O. The summed E-state index contributed by atoms with van der Waals surface area (Å²) in [4.78, 5) is 3.88. The molecule has 0 radical (unpaired) electrons. The van der Waals surface area contributed by atoms with Crippen LogP contribution in [-0.4, -0.2) is 22.7 Å². The molecule has 0 aromatic carbocycles. The fourth-order valence-electron chi connectivity index (χ4n) is 0.886. The third-order valence-corrected chi connectivity index (χ3v) is 1.48. The summed E-state index contributed by atoms with van der Waals surface area (Å²) in [6.07, 6.45) is 4.15. The van der Waals surface area contributed by atoms with Gasteiger partial charge >= 0.3 is 0 Å². The van der Waals surface area contributed by atoms with Crippen LogP contribution in [0.5, 0.6) is 0 Å². The Balaban J connectivity index is 0.00000121. The lowest BCUT2D eigenvalue weighted by molar-refractivity contribution is 0.265. The number of nitrogens with zero attached hydrogens (tertiary/aromatic N) is 1. The minimum atomic E-state index is -0.155. The van der Waals surface area contributed by atoms with Crippen molar-refractivity contribution < 1.29 is 5.11 Å². The van der Waals surface area contributed by atoms with E-state index in [9.17, 15) is 0 Å². The molecule has 0 aliphatic carbocycles. The van der Waals surface area contributed by atoms with Crippen LogP contribution in [0.2, 0.25) is 0 Å². The summed E-state index contributed by atoms with van der Waals surface area (Å²) in [7, 11) is 0. The molecule has 0 aliphatic rings. The van der Waals surface area contributed by atoms with E-state index in [0.29, 0.717) is 6.42 Å². The first kappa shape index (κ1) is 11.4. The van der Waals surface area contributed by atoms with Crippen LogP contribution in [-0.2, 0) is 6.42 Å². The van der Waals surface area contributed by atoms with Gasteiger partial charge in [0.2, 0.25) is 0 Å². The van der Waals surface area contributed by atoms with Crippen molar-refractivity contribution in [2.24, 2.45) is 5.73 Å². The molecule has 1 aromatic heterocycles. The Hall–Kier alpha value is -0.640. The maximum Gasteiger partial charge on any atom is 0.0585 e. The summed E-state index contributed by atoms with van der Waals surface area (Å²) in [5.41, 5.74) is 6.65. The molecule has 0 saturated carbocycles. The molecule has 0 spiro atoms. The van der Waals surface area contributed by atoms with Crippen molar-refractivity contribution >= 4 is 12.4 Å². The van der Waals surface area contributed by atoms with Crippen molar-refractivity contribution in [3.05, 3.63) is 30.1 Å². The van der Waals surface area contributed by atoms with Crippen LogP contribution in [0, 0.1) is 0 Å². The van der Waals surface area contributed by atoms with Crippen molar-refractivity contribution in [3.63, 3.8) is 0 Å². The number of aliphatic hydroxyl groups excluding tert-OH is 1. The molecule has 0 aliphatic heterocycles. The standard InChI is InChI=1S/C8H12N2O.ClH/c9-8(6-11)5-7-1-3-10-4-2-7;/h1-4,8,11H,5-6,9H2;1H/t8-;/m1./s1. The van der Waals surface area contributed by atoms with Gasteiger partial charge < -0.3 is 10.8 Å². The number of aliphatic hydroxyl groups is 1. The third kappa shape index (κ3) is 3.67. The second kappa shape index (κ2) is 5.94. The molecule has 3 N–H and O–H groups in total.